The molecule has 0 saturated carbocycles. The van der Waals surface area contributed by atoms with Gasteiger partial charge in [0, 0.05) is 50.6 Å². The lowest BCUT2D eigenvalue weighted by molar-refractivity contribution is -0.107. The third-order valence-electron chi connectivity index (χ3n) is 8.84. The van der Waals surface area contributed by atoms with Gasteiger partial charge >= 0.3 is 0 Å². The number of hydrogen-bond acceptors (Lipinski definition) is 6. The van der Waals surface area contributed by atoms with Crippen molar-refractivity contribution in [3.63, 3.8) is 0 Å². The summed E-state index contributed by atoms with van der Waals surface area (Å²) in [5.74, 6) is 1.64. The minimum absolute atomic E-state index is 0.347. The summed E-state index contributed by atoms with van der Waals surface area (Å²) in [5, 5.41) is 3.26. The molecular formula is C31H44N4O5S2. The molecule has 4 aliphatic rings. The zero-order valence-corrected chi connectivity index (χ0v) is 26.8. The van der Waals surface area contributed by atoms with E-state index in [2.05, 4.69) is 33.0 Å². The van der Waals surface area contributed by atoms with Crippen LogP contribution in [0.15, 0.2) is 46.2 Å². The number of piperidine rings is 2. The van der Waals surface area contributed by atoms with E-state index < -0.39 is 20.0 Å². The first-order valence-electron chi connectivity index (χ1n) is 15.1. The van der Waals surface area contributed by atoms with Crippen molar-refractivity contribution >= 4 is 37.8 Å². The van der Waals surface area contributed by atoms with Gasteiger partial charge in [0.1, 0.15) is 0 Å². The van der Waals surface area contributed by atoms with E-state index in [1.165, 1.54) is 0 Å². The van der Waals surface area contributed by atoms with Crippen molar-refractivity contribution in [2.45, 2.75) is 63.2 Å². The first-order chi connectivity index (χ1) is 19.9. The number of amides is 1. The molecule has 2 aromatic carbocycles. The number of nitrogens with zero attached hydrogens (tertiary/aromatic N) is 3. The maximum atomic E-state index is 12.9. The zero-order valence-electron chi connectivity index (χ0n) is 25.1. The molecule has 0 bridgehead atoms. The Balaban J connectivity index is 0.000000169. The monoisotopic (exact) mass is 616 g/mol. The molecule has 2 fully saturated rings. The molecule has 4 atom stereocenters. The van der Waals surface area contributed by atoms with Gasteiger partial charge in [-0.2, -0.15) is 8.61 Å². The van der Waals surface area contributed by atoms with E-state index in [0.29, 0.717) is 72.6 Å². The molecule has 2 saturated heterocycles. The maximum absolute atomic E-state index is 12.9. The molecule has 11 heteroatoms. The molecule has 2 aromatic rings. The standard InChI is InChI=1S/C16H22N2O3S.C15H22N2O2S/c1-12-7-13(2)10-18(9-12)22(20,21)15-3-4-16-14(8-15)5-6-17(16)11-19;1-11-7-12(2)10-17(9-11)20(18,19)14-3-4-15-13(8-14)5-6-16-15/h3-4,8,11-13H,5-7,9-10H2,1-2H3;3-4,8,11-12,16H,5-7,9-10H2,1-2H3. The van der Waals surface area contributed by atoms with Crippen LogP contribution in [0.2, 0.25) is 0 Å². The van der Waals surface area contributed by atoms with Crippen LogP contribution in [0, 0.1) is 23.7 Å². The fourth-order valence-electron chi connectivity index (χ4n) is 7.02. The number of rotatable bonds is 5. The van der Waals surface area contributed by atoms with Crippen LogP contribution in [-0.2, 0) is 37.7 Å². The van der Waals surface area contributed by atoms with Crippen LogP contribution >= 0.6 is 0 Å². The highest BCUT2D eigenvalue weighted by atomic mass is 32.2. The largest absolute Gasteiger partial charge is 0.384 e. The molecule has 4 aliphatic heterocycles. The number of carbonyl (C=O) groups is 1. The third kappa shape index (κ3) is 6.39. The van der Waals surface area contributed by atoms with E-state index in [4.69, 9.17) is 0 Å². The summed E-state index contributed by atoms with van der Waals surface area (Å²) in [6.45, 7) is 12.4. The summed E-state index contributed by atoms with van der Waals surface area (Å²) >= 11 is 0. The highest BCUT2D eigenvalue weighted by molar-refractivity contribution is 7.89. The van der Waals surface area contributed by atoms with Gasteiger partial charge in [0.25, 0.3) is 0 Å². The van der Waals surface area contributed by atoms with E-state index in [9.17, 15) is 21.6 Å². The van der Waals surface area contributed by atoms with Gasteiger partial charge in [-0.25, -0.2) is 16.8 Å². The summed E-state index contributed by atoms with van der Waals surface area (Å²) in [6, 6.07) is 10.6. The van der Waals surface area contributed by atoms with Gasteiger partial charge in [-0.05, 0) is 96.9 Å². The first kappa shape index (κ1) is 31.0. The molecule has 0 aliphatic carbocycles. The minimum Gasteiger partial charge on any atom is -0.384 e. The molecular weight excluding hydrogens is 572 g/mol. The lowest BCUT2D eigenvalue weighted by Crippen LogP contribution is -2.42. The number of benzene rings is 2. The quantitative estimate of drug-likeness (QED) is 0.505. The second-order valence-corrected chi connectivity index (χ2v) is 16.7. The van der Waals surface area contributed by atoms with Gasteiger partial charge in [-0.15, -0.1) is 0 Å². The SMILES string of the molecule is CC1CC(C)CN(S(=O)(=O)c2ccc3c(c2)CCN3)C1.CC1CC(C)CN(S(=O)(=O)c2ccc3c(c2)CCN3C=O)C1. The van der Waals surface area contributed by atoms with Crippen LogP contribution in [0.4, 0.5) is 11.4 Å². The van der Waals surface area contributed by atoms with Crippen molar-refractivity contribution in [2.75, 3.05) is 49.5 Å². The summed E-state index contributed by atoms with van der Waals surface area (Å²) in [7, 11) is -6.79. The van der Waals surface area contributed by atoms with Gasteiger partial charge in [-0.1, -0.05) is 27.7 Å². The number of sulfonamides is 2. The van der Waals surface area contributed by atoms with Crippen LogP contribution in [0.5, 0.6) is 0 Å². The number of nitrogens with one attached hydrogen (secondary N) is 1. The summed E-state index contributed by atoms with van der Waals surface area (Å²) in [6.07, 6.45) is 4.61. The Morgan fingerprint density at radius 2 is 1.21 bits per heavy atom. The molecule has 230 valence electrons. The van der Waals surface area contributed by atoms with Gasteiger partial charge in [0.2, 0.25) is 26.5 Å². The molecule has 1 amide bonds. The Labute approximate surface area is 251 Å². The van der Waals surface area contributed by atoms with E-state index >= 15 is 0 Å². The van der Waals surface area contributed by atoms with Crippen molar-refractivity contribution in [1.82, 2.24) is 8.61 Å². The molecule has 6 rings (SSSR count). The van der Waals surface area contributed by atoms with Crippen molar-refractivity contribution in [1.29, 1.82) is 0 Å². The molecule has 9 nitrogen and oxygen atoms in total. The molecule has 4 heterocycles. The number of hydrogen-bond donors (Lipinski definition) is 1. The average Bonchev–Trinajstić information content (AvgIpc) is 3.58. The van der Waals surface area contributed by atoms with Crippen molar-refractivity contribution in [3.05, 3.63) is 47.5 Å². The predicted molar refractivity (Wildman–Crippen MR) is 166 cm³/mol. The average molecular weight is 617 g/mol. The fourth-order valence-corrected chi connectivity index (χ4v) is 10.5. The highest BCUT2D eigenvalue weighted by Crippen LogP contribution is 2.33. The van der Waals surface area contributed by atoms with E-state index in [1.54, 1.807) is 37.8 Å². The van der Waals surface area contributed by atoms with Crippen LogP contribution in [0.1, 0.15) is 51.7 Å². The molecule has 0 aromatic heterocycles. The van der Waals surface area contributed by atoms with Crippen LogP contribution < -0.4 is 10.2 Å². The normalized spacial score (nSPS) is 26.5. The molecule has 1 N–H and O–H groups in total. The van der Waals surface area contributed by atoms with Gasteiger partial charge in [0.05, 0.1) is 9.79 Å². The zero-order chi connectivity index (χ0) is 30.2. The molecule has 0 spiro atoms. The molecule has 4 unspecified atom stereocenters. The molecule has 42 heavy (non-hydrogen) atoms. The van der Waals surface area contributed by atoms with Crippen molar-refractivity contribution in [3.8, 4) is 0 Å². The maximum Gasteiger partial charge on any atom is 0.243 e. The van der Waals surface area contributed by atoms with Crippen LogP contribution in [0.3, 0.4) is 0 Å². The van der Waals surface area contributed by atoms with Gasteiger partial charge in [0.15, 0.2) is 0 Å². The van der Waals surface area contributed by atoms with E-state index in [1.807, 2.05) is 12.1 Å². The number of anilines is 2. The van der Waals surface area contributed by atoms with Gasteiger partial charge in [-0.3, -0.25) is 4.79 Å². The van der Waals surface area contributed by atoms with Crippen LogP contribution in [-0.4, -0.2) is 71.1 Å². The predicted octanol–water partition coefficient (Wildman–Crippen LogP) is 4.19. The number of fused-ring (bicyclic) bond motifs is 2. The fraction of sp³-hybridized carbons (Fsp3) is 0.581. The van der Waals surface area contributed by atoms with Crippen LogP contribution in [0.25, 0.3) is 0 Å². The minimum atomic E-state index is -3.45. The summed E-state index contributed by atoms with van der Waals surface area (Å²) in [5.41, 5.74) is 3.95. The second-order valence-electron chi connectivity index (χ2n) is 12.9. The summed E-state index contributed by atoms with van der Waals surface area (Å²) in [4.78, 5) is 13.4. The van der Waals surface area contributed by atoms with Crippen molar-refractivity contribution < 1.29 is 21.6 Å². The Hall–Kier alpha value is -2.47. The lowest BCUT2D eigenvalue weighted by Gasteiger charge is -2.34. The second kappa shape index (κ2) is 12.3. The topological polar surface area (TPSA) is 107 Å². The van der Waals surface area contributed by atoms with Gasteiger partial charge < -0.3 is 10.2 Å². The molecule has 0 radical (unpaired) electrons. The van der Waals surface area contributed by atoms with E-state index in [0.717, 1.165) is 54.7 Å². The lowest BCUT2D eigenvalue weighted by atomic mass is 9.94. The third-order valence-corrected chi connectivity index (χ3v) is 12.5. The highest BCUT2D eigenvalue weighted by Gasteiger charge is 2.34. The number of carbonyl (C=O) groups excluding carboxylic acids is 1. The smallest absolute Gasteiger partial charge is 0.243 e. The Morgan fingerprint density at radius 3 is 1.74 bits per heavy atom. The summed E-state index contributed by atoms with van der Waals surface area (Å²) < 4.78 is 54.6. The Bertz CT molecular complexity index is 1510. The van der Waals surface area contributed by atoms with E-state index in [-0.39, 0.29) is 0 Å². The Kier molecular flexibility index (Phi) is 9.04. The first-order valence-corrected chi connectivity index (χ1v) is 18.0. The Morgan fingerprint density at radius 1 is 0.714 bits per heavy atom. The van der Waals surface area contributed by atoms with Crippen molar-refractivity contribution in [2.24, 2.45) is 23.7 Å².